The van der Waals surface area contributed by atoms with Gasteiger partial charge >= 0.3 is 0 Å². The zero-order valence-electron chi connectivity index (χ0n) is 10.1. The molecule has 0 unspecified atom stereocenters. The van der Waals surface area contributed by atoms with E-state index in [0.29, 0.717) is 18.9 Å². The molecule has 1 aliphatic rings. The Bertz CT molecular complexity index is 407. The van der Waals surface area contributed by atoms with Crippen LogP contribution in [0.25, 0.3) is 0 Å². The van der Waals surface area contributed by atoms with E-state index in [9.17, 15) is 4.79 Å². The third kappa shape index (κ3) is 3.17. The van der Waals surface area contributed by atoms with E-state index in [1.807, 2.05) is 19.2 Å². The van der Waals surface area contributed by atoms with E-state index in [0.717, 1.165) is 25.2 Å². The van der Waals surface area contributed by atoms with Crippen LogP contribution in [-0.2, 0) is 11.3 Å². The molecule has 2 heterocycles. The molecule has 1 amide bonds. The second kappa shape index (κ2) is 5.14. The summed E-state index contributed by atoms with van der Waals surface area (Å²) in [6.07, 6.45) is 1.00. The molecule has 5 heteroatoms. The second-order valence-electron chi connectivity index (χ2n) is 4.43. The number of aromatic nitrogens is 1. The Morgan fingerprint density at radius 1 is 1.41 bits per heavy atom. The molecule has 0 spiro atoms. The SMILES string of the molecule is CN1CCCN(Cc2cccc(N)n2)CC1=O. The maximum Gasteiger partial charge on any atom is 0.236 e. The van der Waals surface area contributed by atoms with Crippen LogP contribution in [0.1, 0.15) is 12.1 Å². The molecule has 0 atom stereocenters. The maximum atomic E-state index is 11.7. The van der Waals surface area contributed by atoms with Gasteiger partial charge in [0, 0.05) is 26.7 Å². The van der Waals surface area contributed by atoms with Crippen LogP contribution >= 0.6 is 0 Å². The third-order valence-corrected chi connectivity index (χ3v) is 2.97. The minimum atomic E-state index is 0.173. The van der Waals surface area contributed by atoms with E-state index in [2.05, 4.69) is 9.88 Å². The molecule has 17 heavy (non-hydrogen) atoms. The maximum absolute atomic E-state index is 11.7. The molecular formula is C12H18N4O. The molecule has 1 aromatic heterocycles. The molecule has 1 saturated heterocycles. The molecule has 0 aromatic carbocycles. The number of carbonyl (C=O) groups excluding carboxylic acids is 1. The van der Waals surface area contributed by atoms with Crippen LogP contribution in [0.3, 0.4) is 0 Å². The van der Waals surface area contributed by atoms with E-state index >= 15 is 0 Å². The lowest BCUT2D eigenvalue weighted by Crippen LogP contribution is -2.34. The summed E-state index contributed by atoms with van der Waals surface area (Å²) in [5, 5.41) is 0. The largest absolute Gasteiger partial charge is 0.384 e. The summed E-state index contributed by atoms with van der Waals surface area (Å²) in [5.41, 5.74) is 6.56. The Morgan fingerprint density at radius 2 is 2.24 bits per heavy atom. The molecule has 2 rings (SSSR count). The van der Waals surface area contributed by atoms with E-state index < -0.39 is 0 Å². The highest BCUT2D eigenvalue weighted by atomic mass is 16.2. The van der Waals surface area contributed by atoms with E-state index in [1.165, 1.54) is 0 Å². The number of anilines is 1. The Kier molecular flexibility index (Phi) is 3.58. The predicted octanol–water partition coefficient (Wildman–Crippen LogP) is 0.328. The van der Waals surface area contributed by atoms with Gasteiger partial charge in [0.1, 0.15) is 5.82 Å². The van der Waals surface area contributed by atoms with Crippen LogP contribution in [0.4, 0.5) is 5.82 Å². The number of amides is 1. The Balaban J connectivity index is 2.01. The van der Waals surface area contributed by atoms with Crippen LogP contribution < -0.4 is 5.73 Å². The summed E-state index contributed by atoms with van der Waals surface area (Å²) >= 11 is 0. The Labute approximate surface area is 101 Å². The van der Waals surface area contributed by atoms with Crippen molar-refractivity contribution in [2.75, 3.05) is 32.4 Å². The van der Waals surface area contributed by atoms with Crippen molar-refractivity contribution in [3.8, 4) is 0 Å². The lowest BCUT2D eigenvalue weighted by atomic mass is 10.3. The molecule has 0 aliphatic carbocycles. The van der Waals surface area contributed by atoms with Crippen LogP contribution in [0.2, 0.25) is 0 Å². The first-order chi connectivity index (χ1) is 8.15. The molecule has 5 nitrogen and oxygen atoms in total. The first-order valence-corrected chi connectivity index (χ1v) is 5.83. The van der Waals surface area contributed by atoms with E-state index in [4.69, 9.17) is 5.73 Å². The number of nitrogens with two attached hydrogens (primary N) is 1. The van der Waals surface area contributed by atoms with Crippen LogP contribution in [0.5, 0.6) is 0 Å². The van der Waals surface area contributed by atoms with E-state index in [1.54, 1.807) is 11.0 Å². The van der Waals surface area contributed by atoms with Crippen LogP contribution in [0, 0.1) is 0 Å². The van der Waals surface area contributed by atoms with Crippen LogP contribution in [0.15, 0.2) is 18.2 Å². The topological polar surface area (TPSA) is 62.5 Å². The second-order valence-corrected chi connectivity index (χ2v) is 4.43. The van der Waals surface area contributed by atoms with Gasteiger partial charge in [0.15, 0.2) is 0 Å². The average Bonchev–Trinajstić information content (AvgIpc) is 2.42. The normalized spacial score (nSPS) is 18.2. The fraction of sp³-hybridized carbons (Fsp3) is 0.500. The molecule has 1 fully saturated rings. The Hall–Kier alpha value is -1.62. The standard InChI is InChI=1S/C12H18N4O/c1-15-6-3-7-16(9-12(15)17)8-10-4-2-5-11(13)14-10/h2,4-5H,3,6-9H2,1H3,(H2,13,14). The summed E-state index contributed by atoms with van der Waals surface area (Å²) in [6.45, 7) is 2.91. The summed E-state index contributed by atoms with van der Waals surface area (Å²) in [6, 6.07) is 5.60. The van der Waals surface area contributed by atoms with Crippen molar-refractivity contribution in [1.82, 2.24) is 14.8 Å². The van der Waals surface area contributed by atoms with Gasteiger partial charge in [0.25, 0.3) is 0 Å². The molecule has 2 N–H and O–H groups in total. The quantitative estimate of drug-likeness (QED) is 0.801. The number of hydrogen-bond acceptors (Lipinski definition) is 4. The summed E-state index contributed by atoms with van der Waals surface area (Å²) < 4.78 is 0. The monoisotopic (exact) mass is 234 g/mol. The van der Waals surface area contributed by atoms with Crippen molar-refractivity contribution in [1.29, 1.82) is 0 Å². The zero-order valence-corrected chi connectivity index (χ0v) is 10.1. The molecule has 0 bridgehead atoms. The van der Waals surface area contributed by atoms with Gasteiger partial charge in [-0.1, -0.05) is 6.07 Å². The lowest BCUT2D eigenvalue weighted by molar-refractivity contribution is -0.130. The fourth-order valence-corrected chi connectivity index (χ4v) is 2.00. The smallest absolute Gasteiger partial charge is 0.236 e. The first-order valence-electron chi connectivity index (χ1n) is 5.83. The van der Waals surface area contributed by atoms with Gasteiger partial charge in [-0.25, -0.2) is 4.98 Å². The highest BCUT2D eigenvalue weighted by Gasteiger charge is 2.18. The molecule has 92 valence electrons. The number of carbonyl (C=O) groups is 1. The number of hydrogen-bond donors (Lipinski definition) is 1. The van der Waals surface area contributed by atoms with Gasteiger partial charge in [0.05, 0.1) is 12.2 Å². The van der Waals surface area contributed by atoms with Gasteiger partial charge in [-0.05, 0) is 18.6 Å². The number of likely N-dealkylation sites (N-methyl/N-ethyl adjacent to an activating group) is 1. The van der Waals surface area contributed by atoms with Crippen molar-refractivity contribution in [2.45, 2.75) is 13.0 Å². The van der Waals surface area contributed by atoms with Crippen molar-refractivity contribution in [2.24, 2.45) is 0 Å². The van der Waals surface area contributed by atoms with Crippen molar-refractivity contribution >= 4 is 11.7 Å². The summed E-state index contributed by atoms with van der Waals surface area (Å²) in [7, 11) is 1.85. The highest BCUT2D eigenvalue weighted by Crippen LogP contribution is 2.08. The minimum absolute atomic E-state index is 0.173. The summed E-state index contributed by atoms with van der Waals surface area (Å²) in [4.78, 5) is 19.9. The molecular weight excluding hydrogens is 216 g/mol. The first kappa shape index (κ1) is 11.9. The Morgan fingerprint density at radius 3 is 3.00 bits per heavy atom. The van der Waals surface area contributed by atoms with Crippen molar-refractivity contribution in [3.63, 3.8) is 0 Å². The van der Waals surface area contributed by atoms with Gasteiger partial charge in [-0.2, -0.15) is 0 Å². The molecule has 0 radical (unpaired) electrons. The zero-order chi connectivity index (χ0) is 12.3. The van der Waals surface area contributed by atoms with Gasteiger partial charge in [-0.3, -0.25) is 9.69 Å². The van der Waals surface area contributed by atoms with Crippen molar-refractivity contribution < 1.29 is 4.79 Å². The van der Waals surface area contributed by atoms with Gasteiger partial charge < -0.3 is 10.6 Å². The minimum Gasteiger partial charge on any atom is -0.384 e. The van der Waals surface area contributed by atoms with Gasteiger partial charge in [-0.15, -0.1) is 0 Å². The van der Waals surface area contributed by atoms with Crippen molar-refractivity contribution in [3.05, 3.63) is 23.9 Å². The fourth-order valence-electron chi connectivity index (χ4n) is 2.00. The average molecular weight is 234 g/mol. The van der Waals surface area contributed by atoms with Crippen LogP contribution in [-0.4, -0.2) is 47.4 Å². The molecule has 1 aromatic rings. The third-order valence-electron chi connectivity index (χ3n) is 2.97. The number of pyridine rings is 1. The number of nitrogen functional groups attached to an aromatic ring is 1. The molecule has 0 saturated carbocycles. The number of nitrogens with zero attached hydrogens (tertiary/aromatic N) is 3. The molecule has 1 aliphatic heterocycles. The lowest BCUT2D eigenvalue weighted by Gasteiger charge is -2.18. The van der Waals surface area contributed by atoms with E-state index in [-0.39, 0.29) is 5.91 Å². The predicted molar refractivity (Wildman–Crippen MR) is 66.2 cm³/mol. The highest BCUT2D eigenvalue weighted by molar-refractivity contribution is 5.78. The number of rotatable bonds is 2. The van der Waals surface area contributed by atoms with Gasteiger partial charge in [0.2, 0.25) is 5.91 Å². The summed E-state index contributed by atoms with van der Waals surface area (Å²) in [5.74, 6) is 0.701.